The second kappa shape index (κ2) is 9.63. The van der Waals surface area contributed by atoms with Crippen LogP contribution < -0.4 is 0 Å². The van der Waals surface area contributed by atoms with E-state index in [-0.39, 0.29) is 17.4 Å². The van der Waals surface area contributed by atoms with Crippen LogP contribution in [-0.2, 0) is 4.79 Å². The van der Waals surface area contributed by atoms with Gasteiger partial charge in [0, 0.05) is 29.8 Å². The van der Waals surface area contributed by atoms with E-state index in [9.17, 15) is 9.18 Å². The van der Waals surface area contributed by atoms with Gasteiger partial charge in [-0.05, 0) is 49.1 Å². The minimum Gasteiger partial charge on any atom is -0.377 e. The topological polar surface area (TPSA) is 20.3 Å². The number of ketones is 1. The summed E-state index contributed by atoms with van der Waals surface area (Å²) in [5, 5.41) is 1.04. The zero-order valence-corrected chi connectivity index (χ0v) is 17.1. The highest BCUT2D eigenvalue weighted by atomic mass is 35.5. The number of carbonyl (C=O) groups is 1. The number of carbonyl (C=O) groups excluding carboxylic acids is 1. The fourth-order valence-electron chi connectivity index (χ4n) is 3.03. The number of rotatable bonds is 6. The molecule has 0 N–H and O–H groups in total. The van der Waals surface area contributed by atoms with Gasteiger partial charge in [0.2, 0.25) is 0 Å². The molecule has 1 saturated heterocycles. The first-order valence-corrected chi connectivity index (χ1v) is 10.6. The first kappa shape index (κ1) is 20.2. The van der Waals surface area contributed by atoms with Gasteiger partial charge in [-0.15, -0.1) is 11.8 Å². The molecule has 1 fully saturated rings. The maximum atomic E-state index is 13.7. The second-order valence-corrected chi connectivity index (χ2v) is 8.21. The van der Waals surface area contributed by atoms with Crippen molar-refractivity contribution in [1.29, 1.82) is 0 Å². The van der Waals surface area contributed by atoms with E-state index < -0.39 is 0 Å². The Morgan fingerprint density at radius 2 is 1.74 bits per heavy atom. The molecule has 0 bridgehead atoms. The van der Waals surface area contributed by atoms with Crippen LogP contribution in [0.1, 0.15) is 24.8 Å². The van der Waals surface area contributed by atoms with Crippen molar-refractivity contribution in [3.05, 3.63) is 70.1 Å². The standard InChI is InChI=1S/C21H20Cl2FNOS/c22-18-8-5-9-19(23)21(18)27-14-20(26)17(13-25-10-2-1-3-11-25)15-6-4-7-16(24)12-15/h4-9,12-13H,1-3,10-11,14H2/b17-13-. The van der Waals surface area contributed by atoms with Crippen molar-refractivity contribution in [3.8, 4) is 0 Å². The monoisotopic (exact) mass is 423 g/mol. The number of benzene rings is 2. The maximum absolute atomic E-state index is 13.7. The highest BCUT2D eigenvalue weighted by Crippen LogP contribution is 2.34. The van der Waals surface area contributed by atoms with Gasteiger partial charge in [0.25, 0.3) is 0 Å². The number of hydrogen-bond donors (Lipinski definition) is 0. The van der Waals surface area contributed by atoms with Gasteiger partial charge >= 0.3 is 0 Å². The summed E-state index contributed by atoms with van der Waals surface area (Å²) >= 11 is 13.7. The van der Waals surface area contributed by atoms with Gasteiger partial charge in [-0.1, -0.05) is 41.4 Å². The van der Waals surface area contributed by atoms with Crippen molar-refractivity contribution in [2.75, 3.05) is 18.8 Å². The molecule has 1 aliphatic rings. The molecule has 0 amide bonds. The molecular weight excluding hydrogens is 404 g/mol. The smallest absolute Gasteiger partial charge is 0.175 e. The lowest BCUT2D eigenvalue weighted by molar-refractivity contribution is -0.111. The molecule has 142 valence electrons. The Labute approximate surface area is 173 Å². The minimum absolute atomic E-state index is 0.0767. The quantitative estimate of drug-likeness (QED) is 0.400. The maximum Gasteiger partial charge on any atom is 0.175 e. The Morgan fingerprint density at radius 1 is 1.07 bits per heavy atom. The molecule has 0 saturated carbocycles. The average Bonchev–Trinajstić information content (AvgIpc) is 2.66. The highest BCUT2D eigenvalue weighted by Gasteiger charge is 2.18. The lowest BCUT2D eigenvalue weighted by atomic mass is 10.0. The molecule has 2 nitrogen and oxygen atoms in total. The Bertz CT molecular complexity index is 830. The normalized spacial score (nSPS) is 15.1. The Morgan fingerprint density at radius 3 is 2.41 bits per heavy atom. The van der Waals surface area contributed by atoms with E-state index in [2.05, 4.69) is 4.90 Å². The molecular formula is C21H20Cl2FNOS. The molecule has 2 aromatic carbocycles. The lowest BCUT2D eigenvalue weighted by Crippen LogP contribution is -2.25. The number of likely N-dealkylation sites (tertiary alicyclic amines) is 1. The summed E-state index contributed by atoms with van der Waals surface area (Å²) in [6, 6.07) is 11.4. The van der Waals surface area contributed by atoms with Gasteiger partial charge < -0.3 is 4.90 Å². The van der Waals surface area contributed by atoms with Crippen LogP contribution in [0.5, 0.6) is 0 Å². The number of halogens is 3. The predicted molar refractivity (Wildman–Crippen MR) is 112 cm³/mol. The van der Waals surface area contributed by atoms with Crippen molar-refractivity contribution in [3.63, 3.8) is 0 Å². The molecule has 0 atom stereocenters. The Kier molecular flexibility index (Phi) is 7.22. The van der Waals surface area contributed by atoms with E-state index in [4.69, 9.17) is 23.2 Å². The average molecular weight is 424 g/mol. The molecule has 0 unspecified atom stereocenters. The van der Waals surface area contributed by atoms with Crippen molar-refractivity contribution >= 4 is 46.3 Å². The number of hydrogen-bond acceptors (Lipinski definition) is 3. The van der Waals surface area contributed by atoms with E-state index in [1.54, 1.807) is 30.3 Å². The van der Waals surface area contributed by atoms with Crippen molar-refractivity contribution in [2.45, 2.75) is 24.2 Å². The molecule has 0 radical (unpaired) electrons. The summed E-state index contributed by atoms with van der Waals surface area (Å²) in [7, 11) is 0. The van der Waals surface area contributed by atoms with Gasteiger partial charge in [0.05, 0.1) is 15.8 Å². The fourth-order valence-corrected chi connectivity index (χ4v) is 4.60. The van der Waals surface area contributed by atoms with Gasteiger partial charge in [-0.3, -0.25) is 4.79 Å². The van der Waals surface area contributed by atoms with Gasteiger partial charge in [0.15, 0.2) is 5.78 Å². The highest BCUT2D eigenvalue weighted by molar-refractivity contribution is 8.00. The molecule has 1 heterocycles. The van der Waals surface area contributed by atoms with Gasteiger partial charge in [-0.2, -0.15) is 0 Å². The summed E-state index contributed by atoms with van der Waals surface area (Å²) < 4.78 is 13.7. The van der Waals surface area contributed by atoms with Crippen LogP contribution in [0.25, 0.3) is 5.57 Å². The van der Waals surface area contributed by atoms with E-state index in [0.29, 0.717) is 26.1 Å². The number of piperidine rings is 1. The number of thioether (sulfide) groups is 1. The summed E-state index contributed by atoms with van der Waals surface area (Å²) in [5.41, 5.74) is 1.11. The Balaban J connectivity index is 1.83. The summed E-state index contributed by atoms with van der Waals surface area (Å²) in [4.78, 5) is 15.8. The number of allylic oxidation sites excluding steroid dienone is 1. The van der Waals surface area contributed by atoms with Crippen molar-refractivity contribution in [1.82, 2.24) is 4.90 Å². The van der Waals surface area contributed by atoms with Crippen molar-refractivity contribution < 1.29 is 9.18 Å². The molecule has 0 aromatic heterocycles. The second-order valence-electron chi connectivity index (χ2n) is 6.41. The van der Waals surface area contributed by atoms with Crippen LogP contribution in [0.2, 0.25) is 10.0 Å². The van der Waals surface area contributed by atoms with Crippen LogP contribution in [0.4, 0.5) is 4.39 Å². The largest absolute Gasteiger partial charge is 0.377 e. The third-order valence-electron chi connectivity index (χ3n) is 4.40. The van der Waals surface area contributed by atoms with E-state index >= 15 is 0 Å². The van der Waals surface area contributed by atoms with E-state index in [1.165, 1.54) is 30.3 Å². The zero-order valence-electron chi connectivity index (χ0n) is 14.8. The number of nitrogens with zero attached hydrogens (tertiary/aromatic N) is 1. The van der Waals surface area contributed by atoms with E-state index in [0.717, 1.165) is 25.9 Å². The lowest BCUT2D eigenvalue weighted by Gasteiger charge is -2.26. The molecule has 27 heavy (non-hydrogen) atoms. The Hall–Kier alpha value is -1.49. The summed E-state index contributed by atoms with van der Waals surface area (Å²) in [6.07, 6.45) is 5.29. The molecule has 1 aliphatic heterocycles. The van der Waals surface area contributed by atoms with Crippen LogP contribution in [-0.4, -0.2) is 29.5 Å². The van der Waals surface area contributed by atoms with Crippen LogP contribution >= 0.6 is 35.0 Å². The van der Waals surface area contributed by atoms with Crippen LogP contribution in [0.3, 0.4) is 0 Å². The first-order chi connectivity index (χ1) is 13.0. The third-order valence-corrected chi connectivity index (χ3v) is 6.39. The molecule has 0 spiro atoms. The molecule has 2 aromatic rings. The summed E-state index contributed by atoms with van der Waals surface area (Å²) in [6.45, 7) is 1.82. The van der Waals surface area contributed by atoms with Crippen LogP contribution in [0, 0.1) is 5.82 Å². The zero-order chi connectivity index (χ0) is 19.2. The molecule has 6 heteroatoms. The molecule has 3 rings (SSSR count). The third kappa shape index (κ3) is 5.50. The molecule has 0 aliphatic carbocycles. The number of Topliss-reactive ketones (excluding diaryl/α,β-unsaturated/α-hetero) is 1. The van der Waals surface area contributed by atoms with Crippen molar-refractivity contribution in [2.24, 2.45) is 0 Å². The summed E-state index contributed by atoms with van der Waals surface area (Å²) in [5.74, 6) is -0.251. The minimum atomic E-state index is -0.355. The van der Waals surface area contributed by atoms with E-state index in [1.807, 2.05) is 6.20 Å². The van der Waals surface area contributed by atoms with Gasteiger partial charge in [0.1, 0.15) is 5.82 Å². The predicted octanol–water partition coefficient (Wildman–Crippen LogP) is 6.32. The van der Waals surface area contributed by atoms with Crippen LogP contribution in [0.15, 0.2) is 53.6 Å². The first-order valence-electron chi connectivity index (χ1n) is 8.86. The fraction of sp³-hybridized carbons (Fsp3) is 0.286. The van der Waals surface area contributed by atoms with Gasteiger partial charge in [-0.25, -0.2) is 4.39 Å². The SMILES string of the molecule is O=C(CSc1c(Cl)cccc1Cl)/C(=C\N1CCCCC1)c1cccc(F)c1.